The van der Waals surface area contributed by atoms with Gasteiger partial charge in [0.05, 0.1) is 6.04 Å². The molecule has 0 radical (unpaired) electrons. The van der Waals surface area contributed by atoms with Gasteiger partial charge in [-0.2, -0.15) is 0 Å². The molecule has 1 amide bonds. The maximum atomic E-state index is 12.4. The number of hydrogen-bond acceptors (Lipinski definition) is 4. The van der Waals surface area contributed by atoms with Crippen LogP contribution in [0.2, 0.25) is 0 Å². The highest BCUT2D eigenvalue weighted by Crippen LogP contribution is 2.18. The minimum absolute atomic E-state index is 0.111. The van der Waals surface area contributed by atoms with Crippen LogP contribution in [-0.4, -0.2) is 33.3 Å². The van der Waals surface area contributed by atoms with E-state index in [1.807, 2.05) is 38.2 Å². The van der Waals surface area contributed by atoms with E-state index in [1.54, 1.807) is 10.9 Å². The zero-order chi connectivity index (χ0) is 17.0. The van der Waals surface area contributed by atoms with Crippen LogP contribution < -0.4 is 10.2 Å². The van der Waals surface area contributed by atoms with Crippen LogP contribution in [0.1, 0.15) is 49.9 Å². The molecule has 2 aromatic rings. The highest BCUT2D eigenvalue weighted by Gasteiger charge is 2.16. The second kappa shape index (κ2) is 7.26. The second-order valence-corrected chi connectivity index (χ2v) is 5.92. The number of carbonyl (C=O) groups is 1. The number of amides is 1. The molecule has 1 heterocycles. The van der Waals surface area contributed by atoms with Gasteiger partial charge in [0.25, 0.3) is 5.91 Å². The molecule has 1 aromatic heterocycles. The van der Waals surface area contributed by atoms with Crippen molar-refractivity contribution in [3.63, 3.8) is 0 Å². The minimum Gasteiger partial charge on any atom is -0.369 e. The summed E-state index contributed by atoms with van der Waals surface area (Å²) in [5.74, 6) is 0.617. The standard InChI is InChI=1S/C17H25N5O/c1-6-22(12(2)3)15-9-7-14(8-10-15)17(23)19-13(4)16-20-18-11-21(16)5/h7-13H,6H2,1-5H3,(H,19,23). The summed E-state index contributed by atoms with van der Waals surface area (Å²) in [7, 11) is 1.86. The van der Waals surface area contributed by atoms with Crippen LogP contribution in [0.4, 0.5) is 5.69 Å². The predicted octanol–water partition coefficient (Wildman–Crippen LogP) is 2.54. The maximum Gasteiger partial charge on any atom is 0.251 e. The normalized spacial score (nSPS) is 12.3. The first-order valence-corrected chi connectivity index (χ1v) is 7.95. The van der Waals surface area contributed by atoms with E-state index in [2.05, 4.69) is 41.2 Å². The fourth-order valence-corrected chi connectivity index (χ4v) is 2.68. The summed E-state index contributed by atoms with van der Waals surface area (Å²) < 4.78 is 1.80. The van der Waals surface area contributed by atoms with Crippen molar-refractivity contribution >= 4 is 11.6 Å². The number of nitrogens with one attached hydrogen (secondary N) is 1. The van der Waals surface area contributed by atoms with Gasteiger partial charge in [0.2, 0.25) is 0 Å². The van der Waals surface area contributed by atoms with Crippen molar-refractivity contribution in [1.29, 1.82) is 0 Å². The predicted molar refractivity (Wildman–Crippen MR) is 91.5 cm³/mol. The Morgan fingerprint density at radius 1 is 1.26 bits per heavy atom. The number of carbonyl (C=O) groups excluding carboxylic acids is 1. The van der Waals surface area contributed by atoms with E-state index in [4.69, 9.17) is 0 Å². The smallest absolute Gasteiger partial charge is 0.251 e. The van der Waals surface area contributed by atoms with Crippen LogP contribution >= 0.6 is 0 Å². The van der Waals surface area contributed by atoms with E-state index < -0.39 is 0 Å². The summed E-state index contributed by atoms with van der Waals surface area (Å²) in [5.41, 5.74) is 1.77. The summed E-state index contributed by atoms with van der Waals surface area (Å²) in [6.07, 6.45) is 1.62. The summed E-state index contributed by atoms with van der Waals surface area (Å²) in [6, 6.07) is 7.93. The molecule has 0 saturated heterocycles. The number of benzene rings is 1. The van der Waals surface area contributed by atoms with Gasteiger partial charge < -0.3 is 14.8 Å². The highest BCUT2D eigenvalue weighted by atomic mass is 16.1. The summed E-state index contributed by atoms with van der Waals surface area (Å²) in [4.78, 5) is 14.6. The van der Waals surface area contributed by atoms with Gasteiger partial charge in [0.15, 0.2) is 5.82 Å². The quantitative estimate of drug-likeness (QED) is 0.890. The molecule has 23 heavy (non-hydrogen) atoms. The topological polar surface area (TPSA) is 63.1 Å². The average molecular weight is 315 g/mol. The average Bonchev–Trinajstić information content (AvgIpc) is 2.94. The van der Waals surface area contributed by atoms with Crippen molar-refractivity contribution in [2.24, 2.45) is 7.05 Å². The summed E-state index contributed by atoms with van der Waals surface area (Å²) in [6.45, 7) is 9.28. The Balaban J connectivity index is 2.07. The Bertz CT molecular complexity index is 647. The molecule has 1 unspecified atom stereocenters. The van der Waals surface area contributed by atoms with E-state index in [-0.39, 0.29) is 11.9 Å². The molecule has 0 aliphatic heterocycles. The molecule has 0 aliphatic rings. The third-order valence-electron chi connectivity index (χ3n) is 3.91. The van der Waals surface area contributed by atoms with Gasteiger partial charge in [-0.3, -0.25) is 4.79 Å². The Hall–Kier alpha value is -2.37. The van der Waals surface area contributed by atoms with Crippen LogP contribution in [-0.2, 0) is 7.05 Å². The molecule has 1 aromatic carbocycles. The molecule has 0 aliphatic carbocycles. The summed E-state index contributed by atoms with van der Waals surface area (Å²) >= 11 is 0. The van der Waals surface area contributed by atoms with E-state index in [0.717, 1.165) is 18.1 Å². The van der Waals surface area contributed by atoms with Gasteiger partial charge in [-0.25, -0.2) is 0 Å². The molecule has 1 atom stereocenters. The lowest BCUT2D eigenvalue weighted by Crippen LogP contribution is -2.30. The van der Waals surface area contributed by atoms with Crippen molar-refractivity contribution in [2.45, 2.75) is 39.8 Å². The van der Waals surface area contributed by atoms with Crippen molar-refractivity contribution in [2.75, 3.05) is 11.4 Å². The van der Waals surface area contributed by atoms with E-state index in [0.29, 0.717) is 11.6 Å². The van der Waals surface area contributed by atoms with Crippen LogP contribution in [0, 0.1) is 0 Å². The zero-order valence-corrected chi connectivity index (χ0v) is 14.4. The minimum atomic E-state index is -0.197. The molecule has 0 spiro atoms. The zero-order valence-electron chi connectivity index (χ0n) is 14.4. The monoisotopic (exact) mass is 315 g/mol. The van der Waals surface area contributed by atoms with Gasteiger partial charge >= 0.3 is 0 Å². The molecule has 124 valence electrons. The van der Waals surface area contributed by atoms with E-state index >= 15 is 0 Å². The van der Waals surface area contributed by atoms with Crippen molar-refractivity contribution in [3.8, 4) is 0 Å². The SMILES string of the molecule is CCN(c1ccc(C(=O)NC(C)c2nncn2C)cc1)C(C)C. The Morgan fingerprint density at radius 2 is 1.91 bits per heavy atom. The van der Waals surface area contributed by atoms with Crippen molar-refractivity contribution < 1.29 is 4.79 Å². The highest BCUT2D eigenvalue weighted by molar-refractivity contribution is 5.94. The van der Waals surface area contributed by atoms with Crippen LogP contribution in [0.5, 0.6) is 0 Å². The number of anilines is 1. The van der Waals surface area contributed by atoms with E-state index in [9.17, 15) is 4.79 Å². The molecular formula is C17H25N5O. The first-order chi connectivity index (χ1) is 10.9. The van der Waals surface area contributed by atoms with Gasteiger partial charge in [0, 0.05) is 30.9 Å². The van der Waals surface area contributed by atoms with Gasteiger partial charge in [0.1, 0.15) is 6.33 Å². The summed E-state index contributed by atoms with van der Waals surface area (Å²) in [5, 5.41) is 10.8. The Kier molecular flexibility index (Phi) is 5.36. The van der Waals surface area contributed by atoms with Crippen LogP contribution in [0.25, 0.3) is 0 Å². The molecule has 0 fully saturated rings. The van der Waals surface area contributed by atoms with Crippen LogP contribution in [0.15, 0.2) is 30.6 Å². The fourth-order valence-electron chi connectivity index (χ4n) is 2.68. The lowest BCUT2D eigenvalue weighted by molar-refractivity contribution is 0.0938. The van der Waals surface area contributed by atoms with Gasteiger partial charge in [-0.1, -0.05) is 0 Å². The molecule has 0 bridgehead atoms. The molecule has 1 N–H and O–H groups in total. The molecule has 6 nitrogen and oxygen atoms in total. The maximum absolute atomic E-state index is 12.4. The van der Waals surface area contributed by atoms with Crippen LogP contribution in [0.3, 0.4) is 0 Å². The number of aromatic nitrogens is 3. The fraction of sp³-hybridized carbons (Fsp3) is 0.471. The Labute approximate surface area is 137 Å². The third kappa shape index (κ3) is 3.88. The number of hydrogen-bond donors (Lipinski definition) is 1. The lowest BCUT2D eigenvalue weighted by Gasteiger charge is -2.27. The lowest BCUT2D eigenvalue weighted by atomic mass is 10.1. The molecule has 2 rings (SSSR count). The van der Waals surface area contributed by atoms with Crippen molar-refractivity contribution in [3.05, 3.63) is 42.0 Å². The second-order valence-electron chi connectivity index (χ2n) is 5.92. The first kappa shape index (κ1) is 17.0. The van der Waals surface area contributed by atoms with Gasteiger partial charge in [-0.15, -0.1) is 10.2 Å². The Morgan fingerprint density at radius 3 is 2.39 bits per heavy atom. The molecular weight excluding hydrogens is 290 g/mol. The van der Waals surface area contributed by atoms with Gasteiger partial charge in [-0.05, 0) is 52.0 Å². The molecule has 0 saturated carbocycles. The molecule has 6 heteroatoms. The third-order valence-corrected chi connectivity index (χ3v) is 3.91. The number of nitrogens with zero attached hydrogens (tertiary/aromatic N) is 4. The largest absolute Gasteiger partial charge is 0.369 e. The number of rotatable bonds is 6. The number of aryl methyl sites for hydroxylation is 1. The first-order valence-electron chi connectivity index (χ1n) is 7.95. The van der Waals surface area contributed by atoms with E-state index in [1.165, 1.54) is 0 Å². The van der Waals surface area contributed by atoms with Crippen molar-refractivity contribution in [1.82, 2.24) is 20.1 Å².